The first kappa shape index (κ1) is 15.3. The summed E-state index contributed by atoms with van der Waals surface area (Å²) in [6.07, 6.45) is 0.403. The summed E-state index contributed by atoms with van der Waals surface area (Å²) in [5.74, 6) is 1.48. The van der Waals surface area contributed by atoms with Crippen LogP contribution in [0.4, 0.5) is 0 Å². The number of hydrogen-bond donors (Lipinski definition) is 0. The van der Waals surface area contributed by atoms with Crippen LogP contribution in [-0.4, -0.2) is 11.4 Å². The molecular formula is C18H17IO3. The molecule has 0 unspecified atom stereocenters. The Morgan fingerprint density at radius 1 is 1.23 bits per heavy atom. The van der Waals surface area contributed by atoms with E-state index >= 15 is 0 Å². The van der Waals surface area contributed by atoms with E-state index < -0.39 is 5.60 Å². The van der Waals surface area contributed by atoms with E-state index in [1.54, 1.807) is 0 Å². The fraction of sp³-hybridized carbons (Fsp3) is 0.278. The van der Waals surface area contributed by atoms with E-state index in [9.17, 15) is 4.79 Å². The molecule has 0 spiro atoms. The highest BCUT2D eigenvalue weighted by molar-refractivity contribution is 14.1. The van der Waals surface area contributed by atoms with Crippen LogP contribution in [0, 0.1) is 3.57 Å². The van der Waals surface area contributed by atoms with Crippen LogP contribution in [0.15, 0.2) is 42.5 Å². The molecule has 0 fully saturated rings. The third-order valence-corrected chi connectivity index (χ3v) is 4.39. The van der Waals surface area contributed by atoms with E-state index in [0.29, 0.717) is 24.3 Å². The van der Waals surface area contributed by atoms with Crippen molar-refractivity contribution in [2.45, 2.75) is 32.5 Å². The van der Waals surface area contributed by atoms with Gasteiger partial charge in [-0.25, -0.2) is 0 Å². The van der Waals surface area contributed by atoms with Crippen molar-refractivity contribution in [3.05, 3.63) is 57.2 Å². The normalized spacial score (nSPS) is 15.9. The highest BCUT2D eigenvalue weighted by atomic mass is 127. The van der Waals surface area contributed by atoms with Gasteiger partial charge in [-0.1, -0.05) is 30.3 Å². The van der Waals surface area contributed by atoms with Gasteiger partial charge in [0.05, 0.1) is 15.6 Å². The average molecular weight is 408 g/mol. The second-order valence-electron chi connectivity index (χ2n) is 6.01. The van der Waals surface area contributed by atoms with Crippen molar-refractivity contribution in [1.29, 1.82) is 0 Å². The molecule has 2 aromatic rings. The summed E-state index contributed by atoms with van der Waals surface area (Å²) in [5, 5.41) is 0. The van der Waals surface area contributed by atoms with Crippen molar-refractivity contribution in [3.8, 4) is 11.5 Å². The van der Waals surface area contributed by atoms with Gasteiger partial charge in [-0.15, -0.1) is 0 Å². The lowest BCUT2D eigenvalue weighted by molar-refractivity contribution is 0.0618. The number of fused-ring (bicyclic) bond motifs is 1. The van der Waals surface area contributed by atoms with E-state index in [4.69, 9.17) is 9.47 Å². The standard InChI is InChI=1S/C18H17IO3/c1-18(2)10-15(20)13-8-14(19)17(9-16(13)22-18)21-11-12-6-4-3-5-7-12/h3-9H,10-11H2,1-2H3. The topological polar surface area (TPSA) is 35.5 Å². The first-order valence-electron chi connectivity index (χ1n) is 7.17. The summed E-state index contributed by atoms with van der Waals surface area (Å²) >= 11 is 2.20. The summed E-state index contributed by atoms with van der Waals surface area (Å²) in [4.78, 5) is 12.2. The quantitative estimate of drug-likeness (QED) is 0.696. The molecule has 0 radical (unpaired) electrons. The van der Waals surface area contributed by atoms with E-state index in [0.717, 1.165) is 14.9 Å². The molecule has 1 heterocycles. The van der Waals surface area contributed by atoms with Crippen LogP contribution in [0.3, 0.4) is 0 Å². The highest BCUT2D eigenvalue weighted by Crippen LogP contribution is 2.38. The molecule has 0 amide bonds. The molecule has 22 heavy (non-hydrogen) atoms. The smallest absolute Gasteiger partial charge is 0.170 e. The molecule has 114 valence electrons. The number of halogens is 1. The second kappa shape index (κ2) is 5.91. The molecule has 0 bridgehead atoms. The molecule has 1 aliphatic heterocycles. The number of hydrogen-bond acceptors (Lipinski definition) is 3. The van der Waals surface area contributed by atoms with Gasteiger partial charge in [-0.05, 0) is 48.1 Å². The predicted molar refractivity (Wildman–Crippen MR) is 93.6 cm³/mol. The molecule has 3 nitrogen and oxygen atoms in total. The Kier molecular flexibility index (Phi) is 4.12. The number of benzene rings is 2. The molecule has 0 N–H and O–H groups in total. The Morgan fingerprint density at radius 3 is 2.68 bits per heavy atom. The molecule has 0 saturated heterocycles. The van der Waals surface area contributed by atoms with Crippen molar-refractivity contribution in [3.63, 3.8) is 0 Å². The summed E-state index contributed by atoms with van der Waals surface area (Å²) in [6.45, 7) is 4.35. The maximum absolute atomic E-state index is 12.2. The average Bonchev–Trinajstić information content (AvgIpc) is 2.46. The molecule has 4 heteroatoms. The lowest BCUT2D eigenvalue weighted by atomic mass is 9.93. The minimum atomic E-state index is -0.465. The van der Waals surface area contributed by atoms with Crippen LogP contribution in [0.5, 0.6) is 11.5 Å². The molecule has 2 aromatic carbocycles. The van der Waals surface area contributed by atoms with Gasteiger partial charge in [0.15, 0.2) is 5.78 Å². The number of ketones is 1. The monoisotopic (exact) mass is 408 g/mol. The van der Waals surface area contributed by atoms with Crippen LogP contribution in [0.2, 0.25) is 0 Å². The van der Waals surface area contributed by atoms with E-state index in [-0.39, 0.29) is 5.78 Å². The number of ether oxygens (including phenoxy) is 2. The molecule has 0 saturated carbocycles. The first-order chi connectivity index (χ1) is 10.4. The summed E-state index contributed by atoms with van der Waals surface area (Å²) in [5.41, 5.74) is 1.29. The van der Waals surface area contributed by atoms with E-state index in [1.807, 2.05) is 56.3 Å². The Bertz CT molecular complexity index is 708. The minimum absolute atomic E-state index is 0.124. The van der Waals surface area contributed by atoms with Crippen molar-refractivity contribution in [2.24, 2.45) is 0 Å². The van der Waals surface area contributed by atoms with Gasteiger partial charge < -0.3 is 9.47 Å². The summed E-state index contributed by atoms with van der Waals surface area (Å²) in [7, 11) is 0. The lowest BCUT2D eigenvalue weighted by Gasteiger charge is -2.32. The third kappa shape index (κ3) is 3.27. The SMILES string of the molecule is CC1(C)CC(=O)c2cc(I)c(OCc3ccccc3)cc2O1. The molecule has 3 rings (SSSR count). The number of Topliss-reactive ketones (excluding diaryl/α,β-unsaturated/α-hetero) is 1. The second-order valence-corrected chi connectivity index (χ2v) is 7.18. The van der Waals surface area contributed by atoms with Crippen LogP contribution >= 0.6 is 22.6 Å². The lowest BCUT2D eigenvalue weighted by Crippen LogP contribution is -2.35. The first-order valence-corrected chi connectivity index (χ1v) is 8.25. The van der Waals surface area contributed by atoms with E-state index in [1.165, 1.54) is 0 Å². The number of carbonyl (C=O) groups excluding carboxylic acids is 1. The third-order valence-electron chi connectivity index (χ3n) is 3.54. The Hall–Kier alpha value is -1.56. The van der Waals surface area contributed by atoms with Gasteiger partial charge in [0.2, 0.25) is 0 Å². The predicted octanol–water partition coefficient (Wildman–Crippen LogP) is 4.61. The molecule has 1 aliphatic rings. The maximum atomic E-state index is 12.2. The van der Waals surface area contributed by atoms with Crippen LogP contribution in [-0.2, 0) is 6.61 Å². The Labute approximate surface area is 143 Å². The van der Waals surface area contributed by atoms with Crippen molar-refractivity contribution in [2.75, 3.05) is 0 Å². The van der Waals surface area contributed by atoms with Crippen LogP contribution in [0.1, 0.15) is 36.2 Å². The van der Waals surface area contributed by atoms with Gasteiger partial charge in [-0.3, -0.25) is 4.79 Å². The van der Waals surface area contributed by atoms with Crippen molar-refractivity contribution in [1.82, 2.24) is 0 Å². The van der Waals surface area contributed by atoms with Gasteiger partial charge in [-0.2, -0.15) is 0 Å². The molecular weight excluding hydrogens is 391 g/mol. The Morgan fingerprint density at radius 2 is 1.95 bits per heavy atom. The maximum Gasteiger partial charge on any atom is 0.170 e. The van der Waals surface area contributed by atoms with E-state index in [2.05, 4.69) is 22.6 Å². The van der Waals surface area contributed by atoms with Crippen LogP contribution in [0.25, 0.3) is 0 Å². The zero-order valence-electron chi connectivity index (χ0n) is 12.6. The number of carbonyl (C=O) groups is 1. The van der Waals surface area contributed by atoms with Gasteiger partial charge >= 0.3 is 0 Å². The van der Waals surface area contributed by atoms with Gasteiger partial charge in [0.1, 0.15) is 23.7 Å². The zero-order valence-corrected chi connectivity index (χ0v) is 14.7. The van der Waals surface area contributed by atoms with Gasteiger partial charge in [0, 0.05) is 6.07 Å². The highest BCUT2D eigenvalue weighted by Gasteiger charge is 2.33. The van der Waals surface area contributed by atoms with Crippen LogP contribution < -0.4 is 9.47 Å². The fourth-order valence-electron chi connectivity index (χ4n) is 2.50. The van der Waals surface area contributed by atoms with Crippen molar-refractivity contribution < 1.29 is 14.3 Å². The fourth-order valence-corrected chi connectivity index (χ4v) is 3.12. The summed E-state index contributed by atoms with van der Waals surface area (Å²) in [6, 6.07) is 13.7. The zero-order chi connectivity index (χ0) is 15.7. The summed E-state index contributed by atoms with van der Waals surface area (Å²) < 4.78 is 12.7. The largest absolute Gasteiger partial charge is 0.488 e. The molecule has 0 aromatic heterocycles. The molecule has 0 aliphatic carbocycles. The Balaban J connectivity index is 1.86. The minimum Gasteiger partial charge on any atom is -0.488 e. The molecule has 0 atom stereocenters. The van der Waals surface area contributed by atoms with Crippen molar-refractivity contribution >= 4 is 28.4 Å². The van der Waals surface area contributed by atoms with Gasteiger partial charge in [0.25, 0.3) is 0 Å². The number of rotatable bonds is 3.